The second-order valence-electron chi connectivity index (χ2n) is 13.8. The minimum atomic E-state index is -0.756. The smallest absolute Gasteiger partial charge is 0.254 e. The first-order chi connectivity index (χ1) is 21.0. The lowest BCUT2D eigenvalue weighted by atomic mass is 9.84. The Morgan fingerprint density at radius 2 is 1.68 bits per heavy atom. The van der Waals surface area contributed by atoms with Gasteiger partial charge >= 0.3 is 0 Å². The number of benzene rings is 1. The van der Waals surface area contributed by atoms with Crippen LogP contribution in [-0.2, 0) is 14.4 Å². The number of nitrogens with zero attached hydrogens (tertiary/aromatic N) is 3. The van der Waals surface area contributed by atoms with Crippen LogP contribution < -0.4 is 10.1 Å². The molecule has 4 rings (SSSR count). The maximum atomic E-state index is 13.7. The van der Waals surface area contributed by atoms with E-state index in [-0.39, 0.29) is 43.0 Å². The van der Waals surface area contributed by atoms with Crippen molar-refractivity contribution in [3.8, 4) is 5.75 Å². The van der Waals surface area contributed by atoms with Gasteiger partial charge in [0.25, 0.3) is 5.91 Å². The van der Waals surface area contributed by atoms with Crippen LogP contribution >= 0.6 is 0 Å². The number of hydroxylamine groups is 2. The van der Waals surface area contributed by atoms with E-state index in [0.29, 0.717) is 67.6 Å². The van der Waals surface area contributed by atoms with E-state index >= 15 is 0 Å². The van der Waals surface area contributed by atoms with Crippen LogP contribution in [0, 0.1) is 17.3 Å². The first-order valence-electron chi connectivity index (χ1n) is 16.2. The highest BCUT2D eigenvalue weighted by Crippen LogP contribution is 2.31. The normalized spacial score (nSPS) is 21.2. The van der Waals surface area contributed by atoms with Gasteiger partial charge in [-0.05, 0) is 54.9 Å². The molecule has 44 heavy (non-hydrogen) atoms. The van der Waals surface area contributed by atoms with Gasteiger partial charge in [-0.2, -0.15) is 0 Å². The number of rotatable bonds is 12. The van der Waals surface area contributed by atoms with Crippen molar-refractivity contribution in [2.45, 2.75) is 96.7 Å². The van der Waals surface area contributed by atoms with Gasteiger partial charge in [0.1, 0.15) is 17.9 Å². The zero-order valence-corrected chi connectivity index (χ0v) is 26.5. The molecule has 4 amide bonds. The topological polar surface area (TPSA) is 140 Å². The number of piperidine rings is 1. The van der Waals surface area contributed by atoms with Crippen LogP contribution in [0.2, 0.25) is 0 Å². The fraction of sp³-hybridized carbons (Fsp3) is 0.697. The summed E-state index contributed by atoms with van der Waals surface area (Å²) in [5.41, 5.74) is 0.0178. The molecule has 3 atom stereocenters. The molecule has 0 radical (unpaired) electrons. The van der Waals surface area contributed by atoms with Crippen LogP contribution in [0.3, 0.4) is 0 Å². The van der Waals surface area contributed by atoms with Crippen molar-refractivity contribution in [2.24, 2.45) is 17.3 Å². The van der Waals surface area contributed by atoms with Gasteiger partial charge < -0.3 is 25.0 Å². The summed E-state index contributed by atoms with van der Waals surface area (Å²) in [6.45, 7) is 7.26. The Balaban J connectivity index is 1.31. The van der Waals surface area contributed by atoms with Crippen molar-refractivity contribution < 1.29 is 34.2 Å². The lowest BCUT2D eigenvalue weighted by Gasteiger charge is -2.39. The van der Waals surface area contributed by atoms with Crippen molar-refractivity contribution in [2.75, 3.05) is 32.8 Å². The summed E-state index contributed by atoms with van der Waals surface area (Å²) in [5.74, 6) is -0.114. The van der Waals surface area contributed by atoms with Crippen LogP contribution in [-0.4, -0.2) is 100 Å². The van der Waals surface area contributed by atoms with Gasteiger partial charge in [0.15, 0.2) is 0 Å². The summed E-state index contributed by atoms with van der Waals surface area (Å²) >= 11 is 0. The molecule has 3 fully saturated rings. The van der Waals surface area contributed by atoms with E-state index in [1.807, 2.05) is 20.8 Å². The number of ether oxygens (including phenoxy) is 1. The average Bonchev–Trinajstić information content (AvgIpc) is 3.71. The minimum absolute atomic E-state index is 0.0260. The molecule has 0 aromatic heterocycles. The van der Waals surface area contributed by atoms with Gasteiger partial charge in [0.05, 0.1) is 25.1 Å². The summed E-state index contributed by atoms with van der Waals surface area (Å²) < 4.78 is 6.19. The van der Waals surface area contributed by atoms with Crippen molar-refractivity contribution in [3.63, 3.8) is 0 Å². The number of hydrogen-bond acceptors (Lipinski definition) is 7. The number of aliphatic hydroxyl groups is 1. The Hall–Kier alpha value is -3.18. The van der Waals surface area contributed by atoms with Crippen molar-refractivity contribution in [1.29, 1.82) is 0 Å². The largest absolute Gasteiger partial charge is 0.490 e. The molecule has 1 aromatic rings. The van der Waals surface area contributed by atoms with Gasteiger partial charge in [0.2, 0.25) is 18.2 Å². The number of carbonyl (C=O) groups is 4. The maximum Gasteiger partial charge on any atom is 0.254 e. The molecule has 1 saturated carbocycles. The van der Waals surface area contributed by atoms with E-state index in [4.69, 9.17) is 4.74 Å². The molecule has 11 heteroatoms. The van der Waals surface area contributed by atoms with Gasteiger partial charge in [-0.1, -0.05) is 46.5 Å². The number of amides is 4. The minimum Gasteiger partial charge on any atom is -0.490 e. The molecule has 0 spiro atoms. The lowest BCUT2D eigenvalue weighted by Crippen LogP contribution is -2.58. The predicted molar refractivity (Wildman–Crippen MR) is 164 cm³/mol. The molecule has 1 aliphatic carbocycles. The molecular formula is C33H50N4O7. The highest BCUT2D eigenvalue weighted by molar-refractivity contribution is 5.94. The summed E-state index contributed by atoms with van der Waals surface area (Å²) in [4.78, 5) is 54.7. The number of likely N-dealkylation sites (tertiary alicyclic amines) is 2. The Morgan fingerprint density at radius 1 is 1.02 bits per heavy atom. The number of nitrogens with one attached hydrogen (secondary N) is 1. The highest BCUT2D eigenvalue weighted by atomic mass is 16.5. The fourth-order valence-corrected chi connectivity index (χ4v) is 6.79. The molecule has 3 N–H and O–H groups in total. The van der Waals surface area contributed by atoms with E-state index in [9.17, 15) is 29.5 Å². The van der Waals surface area contributed by atoms with Gasteiger partial charge in [0, 0.05) is 38.0 Å². The summed E-state index contributed by atoms with van der Waals surface area (Å²) in [6.07, 6.45) is 8.06. The van der Waals surface area contributed by atoms with Gasteiger partial charge in [-0.25, -0.2) is 5.06 Å². The molecule has 3 aliphatic rings. The summed E-state index contributed by atoms with van der Waals surface area (Å²) in [7, 11) is 0. The molecule has 2 heterocycles. The number of aliphatic hydroxyl groups excluding tert-OH is 1. The highest BCUT2D eigenvalue weighted by Gasteiger charge is 2.39. The van der Waals surface area contributed by atoms with Gasteiger partial charge in [-0.15, -0.1) is 0 Å². The Morgan fingerprint density at radius 3 is 2.27 bits per heavy atom. The molecule has 244 valence electrons. The molecule has 1 aromatic carbocycles. The van der Waals surface area contributed by atoms with Crippen LogP contribution in [0.15, 0.2) is 24.3 Å². The first kappa shape index (κ1) is 33.7. The fourth-order valence-electron chi connectivity index (χ4n) is 6.79. The Kier molecular flexibility index (Phi) is 11.6. The van der Waals surface area contributed by atoms with E-state index in [1.54, 1.807) is 34.1 Å². The Labute approximate surface area is 260 Å². The summed E-state index contributed by atoms with van der Waals surface area (Å²) in [5, 5.41) is 22.9. The third-order valence-corrected chi connectivity index (χ3v) is 9.40. The predicted octanol–water partition coefficient (Wildman–Crippen LogP) is 3.23. The van der Waals surface area contributed by atoms with Crippen LogP contribution in [0.5, 0.6) is 5.75 Å². The summed E-state index contributed by atoms with van der Waals surface area (Å²) in [6, 6.07) is 6.22. The molecule has 1 unspecified atom stereocenters. The third-order valence-electron chi connectivity index (χ3n) is 9.40. The van der Waals surface area contributed by atoms with Crippen LogP contribution in [0.1, 0.15) is 88.9 Å². The molecule has 2 saturated heterocycles. The molecular weight excluding hydrogens is 564 g/mol. The second kappa shape index (κ2) is 15.2. The average molecular weight is 615 g/mol. The number of hydrogen-bond donors (Lipinski definition) is 3. The monoisotopic (exact) mass is 614 g/mol. The van der Waals surface area contributed by atoms with E-state index in [0.717, 1.165) is 38.5 Å². The number of carbonyl (C=O) groups excluding carboxylic acids is 4. The molecule has 2 aliphatic heterocycles. The standard InChI is InChI=1S/C33H50N4O7/c1-33(2,3)29(34-30(40)25(20-36(43)22-39)19-23-7-4-5-8-23)32(42)35-17-14-28(15-18-35)44-27-12-10-24(11-13-27)31(41)37-16-6-9-26(37)21-38/h10-13,22-23,25-26,28-29,38,43H,4-9,14-21H2,1-3H3,(H,34,40)/t25?,26-,29+/m0/s1. The van der Waals surface area contributed by atoms with Crippen molar-refractivity contribution >= 4 is 24.1 Å². The lowest BCUT2D eigenvalue weighted by molar-refractivity contribution is -0.156. The second-order valence-corrected chi connectivity index (χ2v) is 13.8. The SMILES string of the molecule is CC(C)(C)[C@H](NC(=O)C(CC1CCCC1)CN(O)C=O)C(=O)N1CCC(Oc2ccc(C(=O)N3CCC[C@H]3CO)cc2)CC1. The van der Waals surface area contributed by atoms with Crippen LogP contribution in [0.25, 0.3) is 0 Å². The maximum absolute atomic E-state index is 13.7. The Bertz CT molecular complexity index is 1120. The van der Waals surface area contributed by atoms with Crippen LogP contribution in [0.4, 0.5) is 0 Å². The van der Waals surface area contributed by atoms with E-state index in [2.05, 4.69) is 5.32 Å². The zero-order chi connectivity index (χ0) is 31.9. The van der Waals surface area contributed by atoms with Gasteiger partial charge in [-0.3, -0.25) is 24.4 Å². The third kappa shape index (κ3) is 8.72. The van der Waals surface area contributed by atoms with E-state index in [1.165, 1.54) is 0 Å². The molecule has 0 bridgehead atoms. The first-order valence-corrected chi connectivity index (χ1v) is 16.2. The van der Waals surface area contributed by atoms with Crippen molar-refractivity contribution in [3.05, 3.63) is 29.8 Å². The molecule has 11 nitrogen and oxygen atoms in total. The van der Waals surface area contributed by atoms with E-state index < -0.39 is 17.4 Å². The van der Waals surface area contributed by atoms with Crippen molar-refractivity contribution in [1.82, 2.24) is 20.2 Å². The quantitative estimate of drug-likeness (QED) is 0.187. The zero-order valence-electron chi connectivity index (χ0n) is 26.5.